The van der Waals surface area contributed by atoms with Gasteiger partial charge in [0, 0.05) is 17.7 Å². The molecule has 0 aliphatic heterocycles. The fourth-order valence-corrected chi connectivity index (χ4v) is 1.32. The molecule has 4 nitrogen and oxygen atoms in total. The highest BCUT2D eigenvalue weighted by molar-refractivity contribution is 5.52. The second-order valence-electron chi connectivity index (χ2n) is 2.89. The molecule has 0 spiro atoms. The Labute approximate surface area is 85.5 Å². The highest BCUT2D eigenvalue weighted by Crippen LogP contribution is 2.29. The van der Waals surface area contributed by atoms with Crippen LogP contribution >= 0.6 is 0 Å². The van der Waals surface area contributed by atoms with Crippen molar-refractivity contribution in [2.75, 3.05) is 5.73 Å². The molecule has 1 aromatic rings. The molecule has 1 aromatic heterocycles. The van der Waals surface area contributed by atoms with Gasteiger partial charge in [-0.25, -0.2) is 8.78 Å². The van der Waals surface area contributed by atoms with Crippen LogP contribution in [0.25, 0.3) is 0 Å². The molecule has 0 saturated heterocycles. The Morgan fingerprint density at radius 3 is 2.67 bits per heavy atom. The lowest BCUT2D eigenvalue weighted by atomic mass is 10.0. The minimum atomic E-state index is -2.72. The van der Waals surface area contributed by atoms with Crippen LogP contribution in [0.2, 0.25) is 0 Å². The molecule has 6 heteroatoms. The maximum Gasteiger partial charge on any atom is 0.266 e. The van der Waals surface area contributed by atoms with Crippen LogP contribution in [0.3, 0.4) is 0 Å². The average Bonchev–Trinajstić information content (AvgIpc) is 2.20. The number of nitrogens with two attached hydrogens (primary N) is 2. The molecule has 1 heterocycles. The third kappa shape index (κ3) is 2.19. The standard InChI is InChI=1S/C9H10F2N4/c10-9(11)8-5(1-2-12)6(14)4-15-7(8)3-13/h4,9H,1,3,13-14H2. The minimum absolute atomic E-state index is 0.0875. The van der Waals surface area contributed by atoms with Crippen molar-refractivity contribution < 1.29 is 8.78 Å². The molecule has 15 heavy (non-hydrogen) atoms. The number of anilines is 1. The van der Waals surface area contributed by atoms with Crippen LogP contribution in [0.1, 0.15) is 23.2 Å². The normalized spacial score (nSPS) is 10.3. The van der Waals surface area contributed by atoms with Crippen molar-refractivity contribution in [2.24, 2.45) is 5.73 Å². The Balaban J connectivity index is 3.38. The molecule has 0 atom stereocenters. The third-order valence-electron chi connectivity index (χ3n) is 2.01. The van der Waals surface area contributed by atoms with Gasteiger partial charge in [-0.1, -0.05) is 0 Å². The Kier molecular flexibility index (Phi) is 3.52. The number of alkyl halides is 2. The second-order valence-corrected chi connectivity index (χ2v) is 2.89. The number of hydrogen-bond acceptors (Lipinski definition) is 4. The molecule has 0 aliphatic rings. The van der Waals surface area contributed by atoms with Gasteiger partial charge in [0.2, 0.25) is 0 Å². The van der Waals surface area contributed by atoms with Crippen molar-refractivity contribution in [3.05, 3.63) is 23.0 Å². The first-order valence-corrected chi connectivity index (χ1v) is 4.23. The molecule has 4 N–H and O–H groups in total. The summed E-state index contributed by atoms with van der Waals surface area (Å²) in [5, 5.41) is 8.51. The highest BCUT2D eigenvalue weighted by Gasteiger charge is 2.20. The Morgan fingerprint density at radius 1 is 1.53 bits per heavy atom. The summed E-state index contributed by atoms with van der Waals surface area (Å²) in [6.45, 7) is -0.0988. The van der Waals surface area contributed by atoms with Crippen LogP contribution in [0.5, 0.6) is 0 Å². The molecule has 0 bridgehead atoms. The van der Waals surface area contributed by atoms with E-state index in [1.807, 2.05) is 0 Å². The lowest BCUT2D eigenvalue weighted by molar-refractivity contribution is 0.148. The molecule has 0 aromatic carbocycles. The van der Waals surface area contributed by atoms with Crippen LogP contribution < -0.4 is 11.5 Å². The van der Waals surface area contributed by atoms with Gasteiger partial charge in [-0.2, -0.15) is 5.26 Å². The van der Waals surface area contributed by atoms with Crippen LogP contribution in [-0.4, -0.2) is 4.98 Å². The van der Waals surface area contributed by atoms with E-state index >= 15 is 0 Å². The molecule has 0 fully saturated rings. The predicted octanol–water partition coefficient (Wildman–Crippen LogP) is 1.13. The van der Waals surface area contributed by atoms with Crippen LogP contribution in [0.4, 0.5) is 14.5 Å². The molecule has 0 aliphatic carbocycles. The summed E-state index contributed by atoms with van der Waals surface area (Å²) < 4.78 is 25.4. The van der Waals surface area contributed by atoms with E-state index in [0.29, 0.717) is 0 Å². The number of nitrogens with zero attached hydrogens (tertiary/aromatic N) is 2. The van der Waals surface area contributed by atoms with Crippen molar-refractivity contribution in [3.63, 3.8) is 0 Å². The topological polar surface area (TPSA) is 88.7 Å². The van der Waals surface area contributed by atoms with Crippen LogP contribution in [-0.2, 0) is 13.0 Å². The first-order valence-electron chi connectivity index (χ1n) is 4.23. The zero-order chi connectivity index (χ0) is 11.4. The van der Waals surface area contributed by atoms with E-state index in [1.165, 1.54) is 6.20 Å². The Morgan fingerprint density at radius 2 is 2.20 bits per heavy atom. The maximum atomic E-state index is 12.7. The number of pyridine rings is 1. The minimum Gasteiger partial charge on any atom is -0.397 e. The van der Waals surface area contributed by atoms with Crippen molar-refractivity contribution in [1.29, 1.82) is 5.26 Å². The largest absolute Gasteiger partial charge is 0.397 e. The number of hydrogen-bond donors (Lipinski definition) is 2. The predicted molar refractivity (Wildman–Crippen MR) is 50.8 cm³/mol. The number of nitriles is 1. The SMILES string of the molecule is N#CCc1c(N)cnc(CN)c1C(F)F. The highest BCUT2D eigenvalue weighted by atomic mass is 19.3. The Hall–Kier alpha value is -1.74. The van der Waals surface area contributed by atoms with Crippen LogP contribution in [0.15, 0.2) is 6.20 Å². The molecule has 1 rings (SSSR count). The van der Waals surface area contributed by atoms with Crippen molar-refractivity contribution in [3.8, 4) is 6.07 Å². The smallest absolute Gasteiger partial charge is 0.266 e. The Bertz CT molecular complexity index is 398. The summed E-state index contributed by atoms with van der Waals surface area (Å²) in [6.07, 6.45) is -1.63. The van der Waals surface area contributed by atoms with Crippen molar-refractivity contribution >= 4 is 5.69 Å². The van der Waals surface area contributed by atoms with Gasteiger partial charge in [-0.15, -0.1) is 0 Å². The van der Waals surface area contributed by atoms with Gasteiger partial charge in [-0.3, -0.25) is 4.98 Å². The van der Waals surface area contributed by atoms with Gasteiger partial charge < -0.3 is 11.5 Å². The quantitative estimate of drug-likeness (QED) is 0.785. The van der Waals surface area contributed by atoms with E-state index in [4.69, 9.17) is 16.7 Å². The molecule has 0 radical (unpaired) electrons. The summed E-state index contributed by atoms with van der Waals surface area (Å²) >= 11 is 0. The second kappa shape index (κ2) is 4.66. The van der Waals surface area contributed by atoms with E-state index in [9.17, 15) is 8.78 Å². The monoisotopic (exact) mass is 212 g/mol. The van der Waals surface area contributed by atoms with Gasteiger partial charge in [0.25, 0.3) is 6.43 Å². The maximum absolute atomic E-state index is 12.7. The fourth-order valence-electron chi connectivity index (χ4n) is 1.32. The molecule has 0 unspecified atom stereocenters. The van der Waals surface area contributed by atoms with Gasteiger partial charge in [0.15, 0.2) is 0 Å². The van der Waals surface area contributed by atoms with Crippen molar-refractivity contribution in [1.82, 2.24) is 4.98 Å². The first-order chi connectivity index (χ1) is 7.11. The number of aromatic nitrogens is 1. The third-order valence-corrected chi connectivity index (χ3v) is 2.01. The van der Waals surface area contributed by atoms with E-state index in [2.05, 4.69) is 4.98 Å². The summed E-state index contributed by atoms with van der Waals surface area (Å²) in [4.78, 5) is 3.72. The summed E-state index contributed by atoms with van der Waals surface area (Å²) in [7, 11) is 0. The van der Waals surface area contributed by atoms with Gasteiger partial charge in [0.1, 0.15) is 0 Å². The zero-order valence-corrected chi connectivity index (χ0v) is 7.87. The van der Waals surface area contributed by atoms with Gasteiger partial charge in [0.05, 0.1) is 30.1 Å². The zero-order valence-electron chi connectivity index (χ0n) is 7.87. The fraction of sp³-hybridized carbons (Fsp3) is 0.333. The summed E-state index contributed by atoms with van der Waals surface area (Å²) in [5.74, 6) is 0. The molecular formula is C9H10F2N4. The average molecular weight is 212 g/mol. The summed E-state index contributed by atoms with van der Waals surface area (Å²) in [6, 6.07) is 1.79. The molecule has 0 saturated carbocycles. The lowest BCUT2D eigenvalue weighted by Crippen LogP contribution is -2.10. The lowest BCUT2D eigenvalue weighted by Gasteiger charge is -2.12. The van der Waals surface area contributed by atoms with Crippen molar-refractivity contribution in [2.45, 2.75) is 19.4 Å². The molecule has 0 amide bonds. The molecule has 80 valence electrons. The summed E-state index contributed by atoms with van der Waals surface area (Å²) in [5.41, 5.74) is 10.8. The first kappa shape index (κ1) is 11.3. The van der Waals surface area contributed by atoms with E-state index < -0.39 is 6.43 Å². The number of nitrogen functional groups attached to an aromatic ring is 1. The van der Waals surface area contributed by atoms with E-state index in [-0.39, 0.29) is 35.5 Å². The molecular weight excluding hydrogens is 202 g/mol. The number of halogens is 2. The van der Waals surface area contributed by atoms with E-state index in [1.54, 1.807) is 6.07 Å². The number of rotatable bonds is 3. The van der Waals surface area contributed by atoms with Gasteiger partial charge in [-0.05, 0) is 0 Å². The van der Waals surface area contributed by atoms with Gasteiger partial charge >= 0.3 is 0 Å². The van der Waals surface area contributed by atoms with E-state index in [0.717, 1.165) is 0 Å². The van der Waals surface area contributed by atoms with Crippen LogP contribution in [0, 0.1) is 11.3 Å².